The van der Waals surface area contributed by atoms with Crippen molar-refractivity contribution in [2.75, 3.05) is 13.2 Å². The molecule has 3 aromatic rings. The topological polar surface area (TPSA) is 70.8 Å². The lowest BCUT2D eigenvalue weighted by atomic mass is 9.89. The summed E-state index contributed by atoms with van der Waals surface area (Å²) in [6.07, 6.45) is -0.118. The number of cyclic esters (lactones) is 1. The maximum atomic E-state index is 12.3. The first-order valence-electron chi connectivity index (χ1n) is 10.7. The number of hydrogen-bond acceptors (Lipinski definition) is 5. The summed E-state index contributed by atoms with van der Waals surface area (Å²) < 4.78 is 17.9. The summed E-state index contributed by atoms with van der Waals surface area (Å²) in [6, 6.07) is 21.8. The molecule has 1 heterocycles. The maximum absolute atomic E-state index is 12.3. The van der Waals surface area contributed by atoms with Crippen molar-refractivity contribution < 1.29 is 19.0 Å². The Morgan fingerprint density at radius 3 is 2.50 bits per heavy atom. The molecule has 170 valence electrons. The monoisotopic (exact) mass is 455 g/mol. The van der Waals surface area contributed by atoms with Gasteiger partial charge in [-0.05, 0) is 48.7 Å². The predicted octanol–water partition coefficient (Wildman–Crippen LogP) is 4.47. The molecule has 32 heavy (non-hydrogen) atoms. The molecule has 5 nitrogen and oxygen atoms in total. The summed E-state index contributed by atoms with van der Waals surface area (Å²) in [4.78, 5) is 12.3. The second-order valence-electron chi connectivity index (χ2n) is 8.28. The molecule has 1 aliphatic heterocycles. The summed E-state index contributed by atoms with van der Waals surface area (Å²) in [5.74, 6) is 0.251. The highest BCUT2D eigenvalue weighted by Gasteiger charge is 2.35. The number of rotatable bonds is 4. The number of ether oxygens (including phenoxy) is 3. The molecule has 6 heteroatoms. The number of esters is 1. The van der Waals surface area contributed by atoms with E-state index in [2.05, 4.69) is 36.4 Å². The number of carbonyl (C=O) groups excluding carboxylic acids is 1. The van der Waals surface area contributed by atoms with E-state index in [4.69, 9.17) is 19.9 Å². The van der Waals surface area contributed by atoms with Crippen LogP contribution in [0.5, 0.6) is 5.75 Å². The van der Waals surface area contributed by atoms with Gasteiger partial charge in [0.1, 0.15) is 24.0 Å². The third-order valence-electron chi connectivity index (χ3n) is 5.82. The van der Waals surface area contributed by atoms with Gasteiger partial charge >= 0.3 is 5.97 Å². The van der Waals surface area contributed by atoms with E-state index < -0.39 is 18.1 Å². The number of nitrogens with two attached hydrogens (primary N) is 1. The van der Waals surface area contributed by atoms with Crippen molar-refractivity contribution in [3.8, 4) is 5.75 Å². The predicted molar refractivity (Wildman–Crippen MR) is 128 cm³/mol. The largest absolute Gasteiger partial charge is 0.486 e. The second-order valence-corrected chi connectivity index (χ2v) is 8.28. The Hall–Kier alpha value is -2.60. The van der Waals surface area contributed by atoms with Crippen LogP contribution in [0.25, 0.3) is 10.8 Å². The van der Waals surface area contributed by atoms with Crippen LogP contribution in [0.4, 0.5) is 0 Å². The van der Waals surface area contributed by atoms with Crippen molar-refractivity contribution in [2.45, 2.75) is 38.5 Å². The molecule has 3 aromatic carbocycles. The molecule has 0 saturated carbocycles. The normalized spacial score (nSPS) is 23.9. The number of benzene rings is 3. The van der Waals surface area contributed by atoms with E-state index in [-0.39, 0.29) is 31.0 Å². The fourth-order valence-electron chi connectivity index (χ4n) is 4.12. The van der Waals surface area contributed by atoms with Gasteiger partial charge in [0.15, 0.2) is 0 Å². The third kappa shape index (κ3) is 5.60. The average Bonchev–Trinajstić information content (AvgIpc) is 2.81. The van der Waals surface area contributed by atoms with Crippen molar-refractivity contribution in [2.24, 2.45) is 11.7 Å². The number of fused-ring (bicyclic) bond motifs is 1. The minimum absolute atomic E-state index is 0. The van der Waals surface area contributed by atoms with Crippen molar-refractivity contribution in [1.82, 2.24) is 0 Å². The molecule has 0 radical (unpaired) electrons. The molecule has 1 fully saturated rings. The van der Waals surface area contributed by atoms with Crippen LogP contribution in [-0.2, 0) is 20.7 Å². The molecule has 0 bridgehead atoms. The van der Waals surface area contributed by atoms with Gasteiger partial charge in [0.2, 0.25) is 0 Å². The molecule has 0 spiro atoms. The first-order valence-corrected chi connectivity index (χ1v) is 10.7. The summed E-state index contributed by atoms with van der Waals surface area (Å²) in [5, 5.41) is 2.40. The van der Waals surface area contributed by atoms with Crippen LogP contribution in [0, 0.1) is 12.8 Å². The summed E-state index contributed by atoms with van der Waals surface area (Å²) >= 11 is 0. The summed E-state index contributed by atoms with van der Waals surface area (Å²) in [7, 11) is 0. The standard InChI is InChI=1S/C26H29NO4.ClH/c1-17-10-12-22(13-11-17)31-25-18(2)30-26(28)24(27)16-29-15-21(25)14-20-8-5-7-19-6-3-4-9-23(19)20;/h3-13,18,21,24-25H,14-16,27H2,1-2H3;1H/t18-,21-,24-,25-;/m0./s1. The van der Waals surface area contributed by atoms with Gasteiger partial charge in [-0.3, -0.25) is 4.79 Å². The zero-order valence-electron chi connectivity index (χ0n) is 18.4. The Kier molecular flexibility index (Phi) is 8.13. The fourth-order valence-corrected chi connectivity index (χ4v) is 4.12. The molecular weight excluding hydrogens is 426 g/mol. The van der Waals surface area contributed by atoms with Gasteiger partial charge in [-0.25, -0.2) is 0 Å². The zero-order chi connectivity index (χ0) is 21.8. The fraction of sp³-hybridized carbons (Fsp3) is 0.346. The minimum atomic E-state index is -0.793. The van der Waals surface area contributed by atoms with Gasteiger partial charge in [0, 0.05) is 5.92 Å². The van der Waals surface area contributed by atoms with E-state index in [1.807, 2.05) is 44.2 Å². The van der Waals surface area contributed by atoms with Gasteiger partial charge in [-0.2, -0.15) is 0 Å². The van der Waals surface area contributed by atoms with E-state index in [1.165, 1.54) is 16.3 Å². The minimum Gasteiger partial charge on any atom is -0.486 e. The van der Waals surface area contributed by atoms with E-state index in [9.17, 15) is 4.79 Å². The lowest BCUT2D eigenvalue weighted by Gasteiger charge is -2.31. The van der Waals surface area contributed by atoms with E-state index in [0.29, 0.717) is 6.61 Å². The molecular formula is C26H30ClNO4. The van der Waals surface area contributed by atoms with E-state index in [0.717, 1.165) is 17.7 Å². The quantitative estimate of drug-likeness (QED) is 0.588. The highest BCUT2D eigenvalue weighted by atomic mass is 35.5. The summed E-state index contributed by atoms with van der Waals surface area (Å²) in [6.45, 7) is 4.46. The van der Waals surface area contributed by atoms with Gasteiger partial charge in [0.25, 0.3) is 0 Å². The van der Waals surface area contributed by atoms with Crippen molar-refractivity contribution in [1.29, 1.82) is 0 Å². The van der Waals surface area contributed by atoms with Gasteiger partial charge in [-0.1, -0.05) is 60.2 Å². The van der Waals surface area contributed by atoms with Crippen LogP contribution in [0.1, 0.15) is 18.1 Å². The van der Waals surface area contributed by atoms with Gasteiger partial charge in [0.05, 0.1) is 13.2 Å². The molecule has 0 amide bonds. The molecule has 2 N–H and O–H groups in total. The zero-order valence-corrected chi connectivity index (χ0v) is 19.2. The Morgan fingerprint density at radius 2 is 1.72 bits per heavy atom. The molecule has 0 aliphatic carbocycles. The highest BCUT2D eigenvalue weighted by Crippen LogP contribution is 2.28. The Balaban J connectivity index is 0.00000289. The van der Waals surface area contributed by atoms with Crippen molar-refractivity contribution in [3.05, 3.63) is 77.9 Å². The Labute approximate surface area is 195 Å². The van der Waals surface area contributed by atoms with Crippen molar-refractivity contribution >= 4 is 29.1 Å². The van der Waals surface area contributed by atoms with Crippen LogP contribution in [0.3, 0.4) is 0 Å². The van der Waals surface area contributed by atoms with Gasteiger partial charge in [-0.15, -0.1) is 12.4 Å². The van der Waals surface area contributed by atoms with E-state index >= 15 is 0 Å². The number of halogens is 1. The van der Waals surface area contributed by atoms with Crippen LogP contribution in [0.2, 0.25) is 0 Å². The van der Waals surface area contributed by atoms with Crippen LogP contribution < -0.4 is 10.5 Å². The van der Waals surface area contributed by atoms with Gasteiger partial charge < -0.3 is 19.9 Å². The Morgan fingerprint density at radius 1 is 1.00 bits per heavy atom. The molecule has 4 rings (SSSR count). The lowest BCUT2D eigenvalue weighted by Crippen LogP contribution is -2.43. The number of carbonyl (C=O) groups is 1. The lowest BCUT2D eigenvalue weighted by molar-refractivity contribution is -0.155. The highest BCUT2D eigenvalue weighted by molar-refractivity contribution is 5.86. The number of hydrogen-bond donors (Lipinski definition) is 1. The molecule has 0 unspecified atom stereocenters. The second kappa shape index (κ2) is 10.8. The van der Waals surface area contributed by atoms with Crippen molar-refractivity contribution in [3.63, 3.8) is 0 Å². The molecule has 0 aromatic heterocycles. The smallest absolute Gasteiger partial charge is 0.325 e. The molecule has 1 aliphatic rings. The average molecular weight is 456 g/mol. The first kappa shape index (κ1) is 24.1. The number of aryl methyl sites for hydroxylation is 1. The van der Waals surface area contributed by atoms with E-state index in [1.54, 1.807) is 0 Å². The third-order valence-corrected chi connectivity index (χ3v) is 5.82. The molecule has 4 atom stereocenters. The summed E-state index contributed by atoms with van der Waals surface area (Å²) in [5.41, 5.74) is 8.30. The van der Waals surface area contributed by atoms with Crippen LogP contribution >= 0.6 is 12.4 Å². The maximum Gasteiger partial charge on any atom is 0.325 e. The van der Waals surface area contributed by atoms with Crippen LogP contribution in [0.15, 0.2) is 66.7 Å². The Bertz CT molecular complexity index is 1030. The van der Waals surface area contributed by atoms with Crippen LogP contribution in [-0.4, -0.2) is 37.4 Å². The first-order chi connectivity index (χ1) is 15.0. The SMILES string of the molecule is Cc1ccc(O[C@@H]2[C@@H](Cc3cccc4ccccc34)COC[C@H](N)C(=O)O[C@H]2C)cc1.Cl. The molecule has 1 saturated heterocycles.